The fourth-order valence-electron chi connectivity index (χ4n) is 1.59. The second-order valence-corrected chi connectivity index (χ2v) is 4.56. The summed E-state index contributed by atoms with van der Waals surface area (Å²) in [5.41, 5.74) is 6.16. The topological polar surface area (TPSA) is 44.5 Å². The van der Waals surface area contributed by atoms with Gasteiger partial charge in [-0.1, -0.05) is 12.1 Å². The Balaban J connectivity index is 2.50. The van der Waals surface area contributed by atoms with Crippen LogP contribution in [0, 0.1) is 0 Å². The molecule has 1 aromatic carbocycles. The van der Waals surface area contributed by atoms with Gasteiger partial charge >= 0.3 is 6.18 Å². The average molecular weight is 277 g/mol. The first-order chi connectivity index (χ1) is 8.74. The predicted octanol–water partition coefficient (Wildman–Crippen LogP) is 2.84. The van der Waals surface area contributed by atoms with Gasteiger partial charge in [-0.3, -0.25) is 0 Å². The van der Waals surface area contributed by atoms with Crippen molar-refractivity contribution in [1.82, 2.24) is 0 Å². The number of rotatable bonds is 6. The van der Waals surface area contributed by atoms with Gasteiger partial charge in [0.15, 0.2) is 0 Å². The van der Waals surface area contributed by atoms with Gasteiger partial charge in [0.25, 0.3) is 0 Å². The van der Waals surface area contributed by atoms with Crippen molar-refractivity contribution in [3.05, 3.63) is 29.8 Å². The van der Waals surface area contributed by atoms with E-state index in [1.165, 1.54) is 0 Å². The number of methoxy groups -OCH3 is 1. The first-order valence-electron chi connectivity index (χ1n) is 5.82. The van der Waals surface area contributed by atoms with Crippen LogP contribution in [0.5, 0.6) is 5.75 Å². The molecule has 0 fully saturated rings. The smallest absolute Gasteiger partial charge is 0.411 e. The van der Waals surface area contributed by atoms with Crippen LogP contribution >= 0.6 is 0 Å². The number of halogens is 3. The van der Waals surface area contributed by atoms with Crippen molar-refractivity contribution >= 4 is 0 Å². The fraction of sp³-hybridized carbons (Fsp3) is 0.538. The zero-order valence-electron chi connectivity index (χ0n) is 11.0. The highest BCUT2D eigenvalue weighted by Crippen LogP contribution is 2.24. The number of ether oxygens (including phenoxy) is 2. The lowest BCUT2D eigenvalue weighted by molar-refractivity contribution is -0.174. The molecule has 0 aromatic heterocycles. The largest absolute Gasteiger partial charge is 0.497 e. The van der Waals surface area contributed by atoms with Gasteiger partial charge in [0.2, 0.25) is 0 Å². The molecule has 0 spiro atoms. The fourth-order valence-corrected chi connectivity index (χ4v) is 1.59. The Bertz CT molecular complexity index is 388. The maximum Gasteiger partial charge on any atom is 0.411 e. The Morgan fingerprint density at radius 3 is 2.21 bits per heavy atom. The molecule has 0 bridgehead atoms. The van der Waals surface area contributed by atoms with Crippen LogP contribution in [0.1, 0.15) is 18.9 Å². The molecule has 1 unspecified atom stereocenters. The van der Waals surface area contributed by atoms with E-state index in [-0.39, 0.29) is 6.61 Å². The lowest BCUT2D eigenvalue weighted by Crippen LogP contribution is -2.34. The number of hydrogen-bond donors (Lipinski definition) is 1. The van der Waals surface area contributed by atoms with Crippen LogP contribution in [-0.4, -0.2) is 26.5 Å². The van der Waals surface area contributed by atoms with E-state index in [1.807, 2.05) is 0 Å². The van der Waals surface area contributed by atoms with Gasteiger partial charge in [0.1, 0.15) is 12.4 Å². The molecule has 0 aliphatic heterocycles. The van der Waals surface area contributed by atoms with E-state index >= 15 is 0 Å². The number of nitrogens with two attached hydrogens (primary N) is 1. The van der Waals surface area contributed by atoms with E-state index in [9.17, 15) is 13.2 Å². The lowest BCUT2D eigenvalue weighted by atomic mass is 9.90. The second-order valence-electron chi connectivity index (χ2n) is 4.56. The quantitative estimate of drug-likeness (QED) is 0.813. The Kier molecular flexibility index (Phi) is 5.20. The highest BCUT2D eigenvalue weighted by molar-refractivity contribution is 5.31. The molecule has 3 nitrogen and oxygen atoms in total. The standard InChI is InChI=1S/C13H18F3NO2/c1-12(17,7-8-19-9-13(14,15)16)10-3-5-11(18-2)6-4-10/h3-6H,7-9,17H2,1-2H3. The predicted molar refractivity (Wildman–Crippen MR) is 66.0 cm³/mol. The van der Waals surface area contributed by atoms with E-state index < -0.39 is 18.3 Å². The van der Waals surface area contributed by atoms with Gasteiger partial charge in [-0.2, -0.15) is 13.2 Å². The van der Waals surface area contributed by atoms with Crippen LogP contribution in [0.2, 0.25) is 0 Å². The average Bonchev–Trinajstić information content (AvgIpc) is 2.34. The molecular weight excluding hydrogens is 259 g/mol. The van der Waals surface area contributed by atoms with Gasteiger partial charge in [0.05, 0.1) is 7.11 Å². The highest BCUT2D eigenvalue weighted by atomic mass is 19.4. The van der Waals surface area contributed by atoms with Crippen LogP contribution in [0.15, 0.2) is 24.3 Å². The number of alkyl halides is 3. The Hall–Kier alpha value is -1.27. The molecule has 0 saturated carbocycles. The van der Waals surface area contributed by atoms with Crippen molar-refractivity contribution < 1.29 is 22.6 Å². The van der Waals surface area contributed by atoms with Crippen molar-refractivity contribution in [1.29, 1.82) is 0 Å². The van der Waals surface area contributed by atoms with E-state index in [2.05, 4.69) is 4.74 Å². The molecule has 0 aliphatic rings. The normalized spacial score (nSPS) is 15.1. The van der Waals surface area contributed by atoms with Crippen molar-refractivity contribution in [2.45, 2.75) is 25.1 Å². The molecule has 19 heavy (non-hydrogen) atoms. The summed E-state index contributed by atoms with van der Waals surface area (Å²) >= 11 is 0. The molecule has 1 aromatic rings. The maximum atomic E-state index is 11.9. The van der Waals surface area contributed by atoms with Crippen molar-refractivity contribution in [3.63, 3.8) is 0 Å². The number of benzene rings is 1. The third-order valence-corrected chi connectivity index (χ3v) is 2.78. The van der Waals surface area contributed by atoms with E-state index in [0.29, 0.717) is 12.2 Å². The minimum absolute atomic E-state index is 0.0431. The minimum atomic E-state index is -4.30. The van der Waals surface area contributed by atoms with E-state index in [4.69, 9.17) is 10.5 Å². The van der Waals surface area contributed by atoms with Crippen LogP contribution in [-0.2, 0) is 10.3 Å². The SMILES string of the molecule is COc1ccc(C(C)(N)CCOCC(F)(F)F)cc1. The zero-order chi connectivity index (χ0) is 14.5. The minimum Gasteiger partial charge on any atom is -0.497 e. The Morgan fingerprint density at radius 1 is 1.16 bits per heavy atom. The zero-order valence-corrected chi connectivity index (χ0v) is 11.0. The Morgan fingerprint density at radius 2 is 1.74 bits per heavy atom. The van der Waals surface area contributed by atoms with Crippen LogP contribution in [0.4, 0.5) is 13.2 Å². The first kappa shape index (κ1) is 15.8. The van der Waals surface area contributed by atoms with Gasteiger partial charge < -0.3 is 15.2 Å². The van der Waals surface area contributed by atoms with Crippen LogP contribution in [0.3, 0.4) is 0 Å². The summed E-state index contributed by atoms with van der Waals surface area (Å²) in [6.45, 7) is 0.468. The summed E-state index contributed by atoms with van der Waals surface area (Å²) in [6, 6.07) is 7.11. The Labute approximate surface area is 110 Å². The third-order valence-electron chi connectivity index (χ3n) is 2.78. The van der Waals surface area contributed by atoms with Crippen LogP contribution < -0.4 is 10.5 Å². The van der Waals surface area contributed by atoms with E-state index in [0.717, 1.165) is 5.56 Å². The molecule has 108 valence electrons. The molecule has 2 N–H and O–H groups in total. The third kappa shape index (κ3) is 5.48. The lowest BCUT2D eigenvalue weighted by Gasteiger charge is -2.25. The van der Waals surface area contributed by atoms with Crippen LogP contribution in [0.25, 0.3) is 0 Å². The maximum absolute atomic E-state index is 11.9. The molecule has 6 heteroatoms. The summed E-state index contributed by atoms with van der Waals surface area (Å²) < 4.78 is 45.3. The summed E-state index contributed by atoms with van der Waals surface area (Å²) in [5.74, 6) is 0.702. The van der Waals surface area contributed by atoms with Gasteiger partial charge in [-0.05, 0) is 31.0 Å². The molecular formula is C13H18F3NO2. The van der Waals surface area contributed by atoms with Gasteiger partial charge in [0, 0.05) is 12.1 Å². The monoisotopic (exact) mass is 277 g/mol. The summed E-state index contributed by atoms with van der Waals surface area (Å²) in [4.78, 5) is 0. The summed E-state index contributed by atoms with van der Waals surface area (Å²) in [5, 5.41) is 0. The molecule has 0 heterocycles. The van der Waals surface area contributed by atoms with Crippen molar-refractivity contribution in [2.24, 2.45) is 5.73 Å². The van der Waals surface area contributed by atoms with Gasteiger partial charge in [-0.25, -0.2) is 0 Å². The highest BCUT2D eigenvalue weighted by Gasteiger charge is 2.28. The molecule has 0 amide bonds. The van der Waals surface area contributed by atoms with Crippen molar-refractivity contribution in [3.8, 4) is 5.75 Å². The van der Waals surface area contributed by atoms with Gasteiger partial charge in [-0.15, -0.1) is 0 Å². The molecule has 0 saturated heterocycles. The molecule has 0 radical (unpaired) electrons. The first-order valence-corrected chi connectivity index (χ1v) is 5.82. The van der Waals surface area contributed by atoms with Crippen molar-refractivity contribution in [2.75, 3.05) is 20.3 Å². The van der Waals surface area contributed by atoms with E-state index in [1.54, 1.807) is 38.3 Å². The second kappa shape index (κ2) is 6.25. The summed E-state index contributed by atoms with van der Waals surface area (Å²) in [6.07, 6.45) is -4.00. The molecule has 0 aliphatic carbocycles. The number of hydrogen-bond acceptors (Lipinski definition) is 3. The molecule has 1 atom stereocenters. The summed E-state index contributed by atoms with van der Waals surface area (Å²) in [7, 11) is 1.56. The molecule has 1 rings (SSSR count).